The minimum Gasteiger partial charge on any atom is -0.463 e. The molecule has 0 saturated heterocycles. The summed E-state index contributed by atoms with van der Waals surface area (Å²) in [6.45, 7) is 6.25. The van der Waals surface area contributed by atoms with Crippen LogP contribution in [0.4, 0.5) is 5.69 Å². The summed E-state index contributed by atoms with van der Waals surface area (Å²) >= 11 is 0. The third-order valence-electron chi connectivity index (χ3n) is 2.50. The van der Waals surface area contributed by atoms with Crippen LogP contribution in [0.25, 0.3) is 0 Å². The first-order chi connectivity index (χ1) is 7.66. The van der Waals surface area contributed by atoms with Crippen LogP contribution < -0.4 is 0 Å². The summed E-state index contributed by atoms with van der Waals surface area (Å²) < 4.78 is 5.21. The van der Waals surface area contributed by atoms with Crippen LogP contribution in [0.1, 0.15) is 22.5 Å². The molecule has 1 heterocycles. The van der Waals surface area contributed by atoms with Crippen molar-refractivity contribution < 1.29 is 4.42 Å². The normalized spacial score (nSPS) is 11.2. The molecule has 82 valence electrons. The van der Waals surface area contributed by atoms with Crippen LogP contribution in [0.5, 0.6) is 0 Å². The van der Waals surface area contributed by atoms with E-state index in [2.05, 4.69) is 37.9 Å². The molecule has 0 radical (unpaired) electrons. The number of aryl methyl sites for hydroxylation is 3. The summed E-state index contributed by atoms with van der Waals surface area (Å²) in [7, 11) is 0. The Hall–Kier alpha value is -1.83. The van der Waals surface area contributed by atoms with E-state index in [4.69, 9.17) is 4.42 Å². The Balaban J connectivity index is 2.35. The predicted molar refractivity (Wildman–Crippen MR) is 66.6 cm³/mol. The molecule has 0 fully saturated rings. The summed E-state index contributed by atoms with van der Waals surface area (Å²) in [6.07, 6.45) is 3.40. The second-order valence-electron chi connectivity index (χ2n) is 4.02. The number of aliphatic imine (C=N–C) groups is 1. The second kappa shape index (κ2) is 4.35. The summed E-state index contributed by atoms with van der Waals surface area (Å²) in [5, 5.41) is 0. The molecule has 0 amide bonds. The zero-order valence-corrected chi connectivity index (χ0v) is 9.82. The van der Waals surface area contributed by atoms with E-state index in [1.54, 1.807) is 12.5 Å². The maximum Gasteiger partial charge on any atom is 0.144 e. The molecule has 16 heavy (non-hydrogen) atoms. The molecule has 0 bridgehead atoms. The van der Waals surface area contributed by atoms with E-state index in [0.29, 0.717) is 0 Å². The van der Waals surface area contributed by atoms with Crippen LogP contribution >= 0.6 is 0 Å². The summed E-state index contributed by atoms with van der Waals surface area (Å²) in [5.41, 5.74) is 4.69. The molecule has 0 saturated carbocycles. The fourth-order valence-corrected chi connectivity index (χ4v) is 1.87. The average molecular weight is 213 g/mol. The van der Waals surface area contributed by atoms with E-state index in [0.717, 1.165) is 11.4 Å². The molecule has 0 atom stereocenters. The van der Waals surface area contributed by atoms with E-state index < -0.39 is 0 Å². The van der Waals surface area contributed by atoms with Gasteiger partial charge in [-0.25, -0.2) is 0 Å². The van der Waals surface area contributed by atoms with Crippen LogP contribution in [-0.4, -0.2) is 6.21 Å². The third-order valence-corrected chi connectivity index (χ3v) is 2.50. The molecule has 1 aromatic heterocycles. The van der Waals surface area contributed by atoms with Crippen molar-refractivity contribution in [2.75, 3.05) is 0 Å². The van der Waals surface area contributed by atoms with Crippen LogP contribution in [0, 0.1) is 20.8 Å². The lowest BCUT2D eigenvalue weighted by Gasteiger charge is -2.05. The van der Waals surface area contributed by atoms with Gasteiger partial charge in [0.25, 0.3) is 0 Å². The average Bonchev–Trinajstić information content (AvgIpc) is 2.68. The van der Waals surface area contributed by atoms with Crippen LogP contribution in [-0.2, 0) is 0 Å². The van der Waals surface area contributed by atoms with Crippen LogP contribution in [0.3, 0.4) is 0 Å². The van der Waals surface area contributed by atoms with Gasteiger partial charge in [0.1, 0.15) is 5.76 Å². The van der Waals surface area contributed by atoms with Gasteiger partial charge in [-0.2, -0.15) is 0 Å². The quantitative estimate of drug-likeness (QED) is 0.693. The van der Waals surface area contributed by atoms with E-state index in [-0.39, 0.29) is 0 Å². The molecule has 2 nitrogen and oxygen atoms in total. The van der Waals surface area contributed by atoms with Gasteiger partial charge in [0.05, 0.1) is 18.2 Å². The fraction of sp³-hybridized carbons (Fsp3) is 0.214. The summed E-state index contributed by atoms with van der Waals surface area (Å²) in [6, 6.07) is 8.03. The largest absolute Gasteiger partial charge is 0.463 e. The van der Waals surface area contributed by atoms with Crippen molar-refractivity contribution in [3.05, 3.63) is 53.0 Å². The lowest BCUT2D eigenvalue weighted by Crippen LogP contribution is -1.84. The van der Waals surface area contributed by atoms with Gasteiger partial charge in [0.2, 0.25) is 0 Å². The molecule has 0 spiro atoms. The van der Waals surface area contributed by atoms with Gasteiger partial charge < -0.3 is 4.42 Å². The fourth-order valence-electron chi connectivity index (χ4n) is 1.87. The molecule has 2 heteroatoms. The highest BCUT2D eigenvalue weighted by Gasteiger charge is 2.01. The molecule has 1 aromatic carbocycles. The second-order valence-corrected chi connectivity index (χ2v) is 4.02. The minimum atomic E-state index is 0.777. The first-order valence-electron chi connectivity index (χ1n) is 5.32. The zero-order valence-electron chi connectivity index (χ0n) is 9.82. The monoisotopic (exact) mass is 213 g/mol. The molecule has 2 rings (SSSR count). The van der Waals surface area contributed by atoms with Crippen molar-refractivity contribution in [1.82, 2.24) is 0 Å². The lowest BCUT2D eigenvalue weighted by molar-refractivity contribution is 0.560. The summed E-state index contributed by atoms with van der Waals surface area (Å²) in [4.78, 5) is 4.47. The lowest BCUT2D eigenvalue weighted by atomic mass is 10.1. The SMILES string of the molecule is Cc1cc(C)c(/N=C/c2ccco2)c(C)c1. The molecule has 0 unspecified atom stereocenters. The van der Waals surface area contributed by atoms with Crippen molar-refractivity contribution in [1.29, 1.82) is 0 Å². The molecule has 0 N–H and O–H groups in total. The van der Waals surface area contributed by atoms with E-state index in [9.17, 15) is 0 Å². The maximum absolute atomic E-state index is 5.21. The van der Waals surface area contributed by atoms with Crippen molar-refractivity contribution in [2.45, 2.75) is 20.8 Å². The maximum atomic E-state index is 5.21. The van der Waals surface area contributed by atoms with Gasteiger partial charge in [-0.15, -0.1) is 0 Å². The molecular weight excluding hydrogens is 198 g/mol. The van der Waals surface area contributed by atoms with Crippen molar-refractivity contribution in [2.24, 2.45) is 4.99 Å². The summed E-state index contributed by atoms with van der Waals surface area (Å²) in [5.74, 6) is 0.777. The Labute approximate surface area is 95.6 Å². The topological polar surface area (TPSA) is 25.5 Å². The molecule has 0 aliphatic heterocycles. The Morgan fingerprint density at radius 1 is 1.12 bits per heavy atom. The van der Waals surface area contributed by atoms with Gasteiger partial charge in [-0.05, 0) is 44.0 Å². The Morgan fingerprint density at radius 2 is 1.81 bits per heavy atom. The first kappa shape index (κ1) is 10.7. The Kier molecular flexibility index (Phi) is 2.91. The Bertz CT molecular complexity index is 487. The number of hydrogen-bond acceptors (Lipinski definition) is 2. The third kappa shape index (κ3) is 2.22. The number of benzene rings is 1. The van der Waals surface area contributed by atoms with E-state index in [1.807, 2.05) is 12.1 Å². The van der Waals surface area contributed by atoms with Crippen LogP contribution in [0.2, 0.25) is 0 Å². The van der Waals surface area contributed by atoms with E-state index >= 15 is 0 Å². The highest BCUT2D eigenvalue weighted by molar-refractivity contribution is 5.79. The number of furan rings is 1. The molecule has 0 aliphatic rings. The standard InChI is InChI=1S/C14H15NO/c1-10-7-11(2)14(12(3)8-10)15-9-13-5-4-6-16-13/h4-9H,1-3H3/b15-9+. The first-order valence-corrected chi connectivity index (χ1v) is 5.32. The van der Waals surface area contributed by atoms with Gasteiger partial charge in [-0.3, -0.25) is 4.99 Å². The highest BCUT2D eigenvalue weighted by atomic mass is 16.3. The number of rotatable bonds is 2. The van der Waals surface area contributed by atoms with Gasteiger partial charge in [0, 0.05) is 0 Å². The van der Waals surface area contributed by atoms with Crippen molar-refractivity contribution >= 4 is 11.9 Å². The van der Waals surface area contributed by atoms with E-state index in [1.165, 1.54) is 16.7 Å². The zero-order chi connectivity index (χ0) is 11.5. The van der Waals surface area contributed by atoms with Gasteiger partial charge >= 0.3 is 0 Å². The van der Waals surface area contributed by atoms with Crippen molar-refractivity contribution in [3.63, 3.8) is 0 Å². The highest BCUT2D eigenvalue weighted by Crippen LogP contribution is 2.24. The van der Waals surface area contributed by atoms with Gasteiger partial charge in [0.15, 0.2) is 0 Å². The van der Waals surface area contributed by atoms with Crippen LogP contribution in [0.15, 0.2) is 39.9 Å². The number of nitrogens with zero attached hydrogens (tertiary/aromatic N) is 1. The minimum absolute atomic E-state index is 0.777. The Morgan fingerprint density at radius 3 is 2.38 bits per heavy atom. The molecule has 0 aliphatic carbocycles. The van der Waals surface area contributed by atoms with Crippen molar-refractivity contribution in [3.8, 4) is 0 Å². The smallest absolute Gasteiger partial charge is 0.144 e. The predicted octanol–water partition coefficient (Wildman–Crippen LogP) is 3.96. The molecule has 2 aromatic rings. The molecular formula is C14H15NO. The van der Waals surface area contributed by atoms with Gasteiger partial charge in [-0.1, -0.05) is 17.7 Å². The number of hydrogen-bond donors (Lipinski definition) is 0.